The molecule has 0 aromatic rings. The SMILES string of the molecule is CCCC/C=C/C/C=C/C/C=C/CCCCCCC(=O)OC(COCCCCCCCCCCCCCCCC)COP(=O)([O-])OCC[N+](C)(C)C. The lowest BCUT2D eigenvalue weighted by Gasteiger charge is -2.28. The van der Waals surface area contributed by atoms with Crippen LogP contribution in [0.5, 0.6) is 0 Å². The van der Waals surface area contributed by atoms with Crippen molar-refractivity contribution < 1.29 is 37.3 Å². The van der Waals surface area contributed by atoms with Gasteiger partial charge in [0.1, 0.15) is 19.3 Å². The number of unbranched alkanes of at least 4 members (excludes halogenated alkanes) is 19. The monoisotopic (exact) mass is 756 g/mol. The zero-order valence-corrected chi connectivity index (χ0v) is 35.4. The first-order chi connectivity index (χ1) is 25.1. The second-order valence-electron chi connectivity index (χ2n) is 15.4. The largest absolute Gasteiger partial charge is 0.756 e. The Morgan fingerprint density at radius 1 is 0.596 bits per heavy atom. The van der Waals surface area contributed by atoms with Gasteiger partial charge in [-0.05, 0) is 44.9 Å². The van der Waals surface area contributed by atoms with Crippen molar-refractivity contribution in [3.8, 4) is 0 Å². The number of nitrogens with zero attached hydrogens (tertiary/aromatic N) is 1. The van der Waals surface area contributed by atoms with Crippen molar-refractivity contribution in [3.63, 3.8) is 0 Å². The second-order valence-corrected chi connectivity index (χ2v) is 16.8. The van der Waals surface area contributed by atoms with Gasteiger partial charge in [0.2, 0.25) is 0 Å². The van der Waals surface area contributed by atoms with E-state index in [2.05, 4.69) is 50.3 Å². The number of allylic oxidation sites excluding steroid dienone is 6. The molecule has 52 heavy (non-hydrogen) atoms. The molecular weight excluding hydrogens is 673 g/mol. The minimum Gasteiger partial charge on any atom is -0.756 e. The van der Waals surface area contributed by atoms with Gasteiger partial charge >= 0.3 is 5.97 Å². The van der Waals surface area contributed by atoms with Crippen LogP contribution in [0.2, 0.25) is 0 Å². The first-order valence-electron chi connectivity index (χ1n) is 21.2. The molecule has 2 unspecified atom stereocenters. The highest BCUT2D eigenvalue weighted by Crippen LogP contribution is 2.38. The van der Waals surface area contributed by atoms with Crippen LogP contribution in [-0.2, 0) is 27.9 Å². The predicted octanol–water partition coefficient (Wildman–Crippen LogP) is 11.6. The number of likely N-dealkylation sites (N-methyl/N-ethyl adjacent to an activating group) is 1. The van der Waals surface area contributed by atoms with Gasteiger partial charge in [-0.2, -0.15) is 0 Å². The third kappa shape index (κ3) is 39.9. The molecule has 0 saturated carbocycles. The maximum absolute atomic E-state index is 12.6. The Morgan fingerprint density at radius 3 is 1.63 bits per heavy atom. The maximum atomic E-state index is 12.6. The average molecular weight is 756 g/mol. The van der Waals surface area contributed by atoms with E-state index in [0.29, 0.717) is 17.6 Å². The molecule has 0 aliphatic rings. The van der Waals surface area contributed by atoms with Crippen molar-refractivity contribution in [2.45, 2.75) is 180 Å². The molecule has 0 radical (unpaired) electrons. The van der Waals surface area contributed by atoms with Crippen LogP contribution in [0.3, 0.4) is 0 Å². The summed E-state index contributed by atoms with van der Waals surface area (Å²) in [6.45, 7) is 5.35. The molecule has 0 spiro atoms. The summed E-state index contributed by atoms with van der Waals surface area (Å²) in [6.07, 6.45) is 41.5. The number of hydrogen-bond donors (Lipinski definition) is 0. The highest BCUT2D eigenvalue weighted by Gasteiger charge is 2.20. The average Bonchev–Trinajstić information content (AvgIpc) is 3.09. The lowest BCUT2D eigenvalue weighted by atomic mass is 10.0. The number of hydrogen-bond acceptors (Lipinski definition) is 7. The van der Waals surface area contributed by atoms with E-state index >= 15 is 0 Å². The highest BCUT2D eigenvalue weighted by molar-refractivity contribution is 7.45. The highest BCUT2D eigenvalue weighted by atomic mass is 31.2. The molecule has 0 aliphatic heterocycles. The third-order valence-corrected chi connectivity index (χ3v) is 9.91. The smallest absolute Gasteiger partial charge is 0.306 e. The second kappa shape index (κ2) is 36.7. The van der Waals surface area contributed by atoms with E-state index in [1.165, 1.54) is 96.3 Å². The first-order valence-corrected chi connectivity index (χ1v) is 22.7. The molecule has 8 nitrogen and oxygen atoms in total. The predicted molar refractivity (Wildman–Crippen MR) is 217 cm³/mol. The summed E-state index contributed by atoms with van der Waals surface area (Å²) < 4.78 is 34.5. The van der Waals surface area contributed by atoms with E-state index in [4.69, 9.17) is 18.5 Å². The zero-order chi connectivity index (χ0) is 38.4. The molecule has 0 N–H and O–H groups in total. The van der Waals surface area contributed by atoms with Crippen LogP contribution >= 0.6 is 7.82 Å². The first kappa shape index (κ1) is 50.7. The number of carbonyl (C=O) groups is 1. The van der Waals surface area contributed by atoms with Crippen LogP contribution in [0.25, 0.3) is 0 Å². The molecule has 9 heteroatoms. The topological polar surface area (TPSA) is 94.1 Å². The standard InChI is InChI=1S/C43H82NO7P/c1-6-8-10-12-14-16-18-20-22-23-24-26-28-30-32-34-36-43(45)51-42(41-50-52(46,47)49-39-37-44(3,4)5)40-48-38-35-33-31-29-27-25-21-19-17-15-13-11-9-7-2/h12,14,18,20,23-24,42H,6-11,13,15-17,19,21-22,25-41H2,1-5H3/b14-12+,20-18+,24-23+. The number of rotatable bonds is 39. The minimum atomic E-state index is -4.53. The Bertz CT molecular complexity index is 931. The van der Waals surface area contributed by atoms with Gasteiger partial charge in [0.05, 0.1) is 34.4 Å². The molecular formula is C43H82NO7P. The maximum Gasteiger partial charge on any atom is 0.306 e. The van der Waals surface area contributed by atoms with Gasteiger partial charge < -0.3 is 27.9 Å². The molecule has 2 atom stereocenters. The summed E-state index contributed by atoms with van der Waals surface area (Å²) in [7, 11) is 1.34. The normalized spacial score (nSPS) is 14.2. The summed E-state index contributed by atoms with van der Waals surface area (Å²) in [6, 6.07) is 0. The van der Waals surface area contributed by atoms with Gasteiger partial charge in [-0.25, -0.2) is 0 Å². The van der Waals surface area contributed by atoms with E-state index in [9.17, 15) is 14.3 Å². The van der Waals surface area contributed by atoms with Gasteiger partial charge in [-0.3, -0.25) is 9.36 Å². The van der Waals surface area contributed by atoms with E-state index in [1.54, 1.807) is 0 Å². The van der Waals surface area contributed by atoms with Gasteiger partial charge in [0, 0.05) is 13.0 Å². The number of phosphoric ester groups is 1. The van der Waals surface area contributed by atoms with Crippen molar-refractivity contribution in [3.05, 3.63) is 36.5 Å². The van der Waals surface area contributed by atoms with Gasteiger partial charge in [0.25, 0.3) is 7.82 Å². The lowest BCUT2D eigenvalue weighted by molar-refractivity contribution is -0.870. The van der Waals surface area contributed by atoms with Crippen molar-refractivity contribution >= 4 is 13.8 Å². The van der Waals surface area contributed by atoms with E-state index in [-0.39, 0.29) is 32.2 Å². The van der Waals surface area contributed by atoms with Crippen molar-refractivity contribution in [2.24, 2.45) is 0 Å². The molecule has 306 valence electrons. The summed E-state index contributed by atoms with van der Waals surface area (Å²) >= 11 is 0. The summed E-state index contributed by atoms with van der Waals surface area (Å²) in [4.78, 5) is 25.0. The Balaban J connectivity index is 4.30. The van der Waals surface area contributed by atoms with E-state index in [1.807, 2.05) is 21.1 Å². The molecule has 0 bridgehead atoms. The fourth-order valence-corrected chi connectivity index (χ4v) is 6.33. The lowest BCUT2D eigenvalue weighted by Crippen LogP contribution is -2.37. The van der Waals surface area contributed by atoms with E-state index in [0.717, 1.165) is 57.8 Å². The quantitative estimate of drug-likeness (QED) is 0.0203. The number of esters is 1. The molecule has 0 amide bonds. The fraction of sp³-hybridized carbons (Fsp3) is 0.837. The molecule has 0 rings (SSSR count). The van der Waals surface area contributed by atoms with Crippen LogP contribution in [0, 0.1) is 0 Å². The Kier molecular flexibility index (Phi) is 35.8. The van der Waals surface area contributed by atoms with Crippen LogP contribution in [0.1, 0.15) is 174 Å². The van der Waals surface area contributed by atoms with Crippen molar-refractivity contribution in [1.29, 1.82) is 0 Å². The van der Waals surface area contributed by atoms with Gasteiger partial charge in [0.15, 0.2) is 0 Å². The summed E-state index contributed by atoms with van der Waals surface area (Å²) in [5.74, 6) is -0.354. The Morgan fingerprint density at radius 2 is 1.08 bits per heavy atom. The van der Waals surface area contributed by atoms with Crippen LogP contribution in [0.4, 0.5) is 0 Å². The summed E-state index contributed by atoms with van der Waals surface area (Å²) in [5.41, 5.74) is 0. The van der Waals surface area contributed by atoms with E-state index < -0.39 is 13.9 Å². The number of quaternary nitrogens is 1. The molecule has 0 fully saturated rings. The zero-order valence-electron chi connectivity index (χ0n) is 34.5. The Hall–Kier alpha value is -1.28. The van der Waals surface area contributed by atoms with Gasteiger partial charge in [-0.1, -0.05) is 159 Å². The molecule has 0 aromatic carbocycles. The number of carbonyl (C=O) groups excluding carboxylic acids is 1. The van der Waals surface area contributed by atoms with Crippen molar-refractivity contribution in [1.82, 2.24) is 0 Å². The Labute approximate surface area is 321 Å². The molecule has 0 saturated heterocycles. The van der Waals surface area contributed by atoms with Crippen LogP contribution in [0.15, 0.2) is 36.5 Å². The fourth-order valence-electron chi connectivity index (χ4n) is 5.60. The van der Waals surface area contributed by atoms with Gasteiger partial charge in [-0.15, -0.1) is 0 Å². The molecule has 0 aromatic heterocycles. The number of ether oxygens (including phenoxy) is 2. The number of phosphoric acid groups is 1. The third-order valence-electron chi connectivity index (χ3n) is 8.94. The molecule has 0 aliphatic carbocycles. The van der Waals surface area contributed by atoms with Crippen LogP contribution < -0.4 is 4.89 Å². The van der Waals surface area contributed by atoms with Crippen molar-refractivity contribution in [2.75, 3.05) is 54.1 Å². The summed E-state index contributed by atoms with van der Waals surface area (Å²) in [5, 5.41) is 0. The molecule has 0 heterocycles. The minimum absolute atomic E-state index is 0.0221. The van der Waals surface area contributed by atoms with Crippen LogP contribution in [-0.4, -0.2) is 70.7 Å².